The number of carbonyl (C=O) groups is 4. The Labute approximate surface area is 401 Å². The number of esters is 2. The molecule has 3 unspecified atom stereocenters. The van der Waals surface area contributed by atoms with Gasteiger partial charge in [-0.3, -0.25) is 19.2 Å². The Morgan fingerprint density at radius 1 is 0.657 bits per heavy atom. The zero-order chi connectivity index (χ0) is 48.3. The predicted molar refractivity (Wildman–Crippen MR) is 261 cm³/mol. The van der Waals surface area contributed by atoms with E-state index in [0.717, 1.165) is 75.3 Å². The number of aliphatic carboxylic acids is 1. The van der Waals surface area contributed by atoms with E-state index in [1.807, 2.05) is 74.5 Å². The number of allylic oxidation sites excluding steroid dienone is 1. The van der Waals surface area contributed by atoms with Gasteiger partial charge in [-0.05, 0) is 163 Å². The van der Waals surface area contributed by atoms with E-state index in [9.17, 15) is 19.5 Å². The average Bonchev–Trinajstić information content (AvgIpc) is 3.69. The number of carbonyl (C=O) groups excluding carboxylic acids is 3. The Kier molecular flexibility index (Phi) is 11.7. The lowest BCUT2D eigenvalue weighted by Gasteiger charge is -2.74. The zero-order valence-electron chi connectivity index (χ0n) is 42.5. The van der Waals surface area contributed by atoms with Crippen molar-refractivity contribution in [1.29, 1.82) is 0 Å². The number of ether oxygens (including phenoxy) is 2. The second-order valence-electron chi connectivity index (χ2n) is 25.8. The van der Waals surface area contributed by atoms with Crippen LogP contribution < -0.4 is 5.32 Å². The van der Waals surface area contributed by atoms with E-state index < -0.39 is 33.5 Å². The molecule has 2 N–H and O–H groups in total. The monoisotopic (exact) mass is 916 g/mol. The van der Waals surface area contributed by atoms with Crippen molar-refractivity contribution in [3.8, 4) is 0 Å². The molecule has 0 saturated heterocycles. The fourth-order valence-corrected chi connectivity index (χ4v) is 18.5. The first-order valence-electron chi connectivity index (χ1n) is 26.0. The van der Waals surface area contributed by atoms with Crippen LogP contribution in [0.1, 0.15) is 157 Å². The molecule has 8 heteroatoms. The molecule has 0 radical (unpaired) electrons. The summed E-state index contributed by atoms with van der Waals surface area (Å²) in [6.45, 7) is 28.0. The van der Waals surface area contributed by atoms with Crippen molar-refractivity contribution in [2.45, 2.75) is 166 Å². The average molecular weight is 916 g/mol. The Morgan fingerprint density at radius 3 is 1.79 bits per heavy atom. The highest BCUT2D eigenvalue weighted by molar-refractivity contribution is 5.86. The SMILES string of the molecule is C=C(C)C1CC[C@]2(C(=O)NC3CC(C(=O)OCc4ccccc4)C3(C)C)CC[C@]3(C)[C@H](CC[C@@H]4[C@]5(C)CC[C@H]([C@@]6(C(=O)O)C[C@@H](C(=O)OCc7ccccc7)C6(C)C)C(C)(C)[C@H]5CC[C@]43C)[C@@H]12. The van der Waals surface area contributed by atoms with Crippen LogP contribution in [0.2, 0.25) is 0 Å². The van der Waals surface area contributed by atoms with Crippen molar-refractivity contribution in [2.75, 3.05) is 0 Å². The van der Waals surface area contributed by atoms with Crippen LogP contribution in [0, 0.1) is 90.7 Å². The van der Waals surface area contributed by atoms with E-state index in [1.165, 1.54) is 5.57 Å². The van der Waals surface area contributed by atoms with E-state index >= 15 is 4.79 Å². The van der Waals surface area contributed by atoms with Gasteiger partial charge >= 0.3 is 17.9 Å². The van der Waals surface area contributed by atoms with Gasteiger partial charge in [-0.2, -0.15) is 0 Å². The molecule has 14 atom stereocenters. The van der Waals surface area contributed by atoms with Gasteiger partial charge in [0, 0.05) is 6.04 Å². The highest BCUT2D eigenvalue weighted by Crippen LogP contribution is 2.80. The lowest BCUT2D eigenvalue weighted by molar-refractivity contribution is -0.269. The molecule has 364 valence electrons. The first kappa shape index (κ1) is 48.1. The fourth-order valence-electron chi connectivity index (χ4n) is 18.5. The topological polar surface area (TPSA) is 119 Å². The molecule has 0 aromatic heterocycles. The minimum Gasteiger partial charge on any atom is -0.481 e. The number of benzene rings is 2. The number of hydrogen-bond acceptors (Lipinski definition) is 6. The fraction of sp³-hybridized carbons (Fsp3) is 0.695. The van der Waals surface area contributed by atoms with Crippen molar-refractivity contribution in [1.82, 2.24) is 5.32 Å². The highest BCUT2D eigenvalue weighted by atomic mass is 16.5. The molecule has 0 bridgehead atoms. The van der Waals surface area contributed by atoms with E-state index in [0.29, 0.717) is 36.5 Å². The molecule has 1 amide bonds. The maximum atomic E-state index is 15.2. The molecule has 0 aliphatic heterocycles. The third kappa shape index (κ3) is 6.83. The van der Waals surface area contributed by atoms with E-state index in [1.54, 1.807) is 0 Å². The number of nitrogens with one attached hydrogen (secondary N) is 1. The maximum Gasteiger partial charge on any atom is 0.310 e. The van der Waals surface area contributed by atoms with Gasteiger partial charge in [0.2, 0.25) is 5.91 Å². The molecular weight excluding hydrogens is 835 g/mol. The number of fused-ring (bicyclic) bond motifs is 7. The van der Waals surface area contributed by atoms with Crippen molar-refractivity contribution >= 4 is 23.8 Å². The van der Waals surface area contributed by atoms with Gasteiger partial charge in [-0.1, -0.05) is 135 Å². The first-order chi connectivity index (χ1) is 31.4. The molecular formula is C59H81NO7. The standard InChI is InChI=1S/C59H81NO7/c1-36(2)39-24-29-58(50(63)60-46-32-41(52(46,3)4)48(61)66-34-37-18-14-12-15-19-37)31-30-56(10)40(47(39)58)22-23-45-55(9)27-25-44(53(5,6)43(55)26-28-57(45,56)11)59(51(64)65)33-42(54(59,7)8)49(62)67-35-38-20-16-13-17-21-38/h12-21,39-47H,1,22-35H2,2-11H3,(H,60,63)(H,64,65)/t39?,40-,41?,42+,43-,44+,45-,46?,47-,55-,56-,57-,58+,59-/m1/s1. The molecule has 9 rings (SSSR count). The summed E-state index contributed by atoms with van der Waals surface area (Å²) in [5, 5.41) is 14.9. The lowest BCUT2D eigenvalue weighted by Crippen LogP contribution is -2.71. The maximum absolute atomic E-state index is 15.2. The van der Waals surface area contributed by atoms with Crippen molar-refractivity contribution in [3.05, 3.63) is 83.9 Å². The summed E-state index contributed by atoms with van der Waals surface area (Å²) in [5.41, 5.74) is 0.322. The molecule has 7 aliphatic carbocycles. The largest absolute Gasteiger partial charge is 0.481 e. The minimum atomic E-state index is -1.02. The van der Waals surface area contributed by atoms with Gasteiger partial charge < -0.3 is 19.9 Å². The van der Waals surface area contributed by atoms with Gasteiger partial charge in [0.25, 0.3) is 0 Å². The summed E-state index contributed by atoms with van der Waals surface area (Å²) < 4.78 is 11.7. The van der Waals surface area contributed by atoms with Gasteiger partial charge in [0.05, 0.1) is 22.7 Å². The van der Waals surface area contributed by atoms with E-state index in [-0.39, 0.29) is 76.5 Å². The predicted octanol–water partition coefficient (Wildman–Crippen LogP) is 12.4. The molecule has 8 nitrogen and oxygen atoms in total. The Bertz CT molecular complexity index is 2280. The summed E-state index contributed by atoms with van der Waals surface area (Å²) in [7, 11) is 0. The number of carboxylic acid groups (broad SMARTS) is 1. The van der Waals surface area contributed by atoms with Gasteiger partial charge in [-0.25, -0.2) is 0 Å². The Hall–Kier alpha value is -3.94. The van der Waals surface area contributed by atoms with E-state index in [4.69, 9.17) is 9.47 Å². The second kappa shape index (κ2) is 16.3. The molecule has 67 heavy (non-hydrogen) atoms. The second-order valence-corrected chi connectivity index (χ2v) is 25.8. The summed E-state index contributed by atoms with van der Waals surface area (Å²) in [6.07, 6.45) is 10.9. The normalized spacial score (nSPS) is 41.9. The van der Waals surface area contributed by atoms with Crippen LogP contribution in [0.3, 0.4) is 0 Å². The summed E-state index contributed by atoms with van der Waals surface area (Å²) in [4.78, 5) is 56.0. The van der Waals surface area contributed by atoms with Crippen LogP contribution in [-0.2, 0) is 41.9 Å². The molecule has 0 heterocycles. The molecule has 7 saturated carbocycles. The van der Waals surface area contributed by atoms with E-state index in [2.05, 4.69) is 67.3 Å². The number of amides is 1. The minimum absolute atomic E-state index is 0.0340. The molecule has 7 aliphatic rings. The van der Waals surface area contributed by atoms with Crippen LogP contribution >= 0.6 is 0 Å². The van der Waals surface area contributed by atoms with Gasteiger partial charge in [-0.15, -0.1) is 0 Å². The van der Waals surface area contributed by atoms with Gasteiger partial charge in [0.1, 0.15) is 13.2 Å². The van der Waals surface area contributed by atoms with Crippen LogP contribution in [0.5, 0.6) is 0 Å². The quantitative estimate of drug-likeness (QED) is 0.170. The summed E-state index contributed by atoms with van der Waals surface area (Å²) in [6, 6.07) is 19.4. The first-order valence-corrected chi connectivity index (χ1v) is 26.0. The van der Waals surface area contributed by atoms with Crippen molar-refractivity contribution in [3.63, 3.8) is 0 Å². The van der Waals surface area contributed by atoms with Crippen molar-refractivity contribution < 1.29 is 33.8 Å². The summed E-state index contributed by atoms with van der Waals surface area (Å²) >= 11 is 0. The van der Waals surface area contributed by atoms with Crippen LogP contribution in [0.15, 0.2) is 72.8 Å². The lowest BCUT2D eigenvalue weighted by atomic mass is 9.29. The molecule has 0 spiro atoms. The Morgan fingerprint density at radius 2 is 1.24 bits per heavy atom. The van der Waals surface area contributed by atoms with Crippen molar-refractivity contribution in [2.24, 2.45) is 90.7 Å². The van der Waals surface area contributed by atoms with Crippen LogP contribution in [0.4, 0.5) is 0 Å². The van der Waals surface area contributed by atoms with Crippen LogP contribution in [-0.4, -0.2) is 35.0 Å². The van der Waals surface area contributed by atoms with Gasteiger partial charge in [0.15, 0.2) is 0 Å². The van der Waals surface area contributed by atoms with Crippen LogP contribution in [0.25, 0.3) is 0 Å². The molecule has 2 aromatic rings. The summed E-state index contributed by atoms with van der Waals surface area (Å²) in [5.74, 6) is -0.101. The molecule has 7 fully saturated rings. The number of rotatable bonds is 11. The number of carboxylic acids is 1. The highest BCUT2D eigenvalue weighted by Gasteiger charge is 2.77. The third-order valence-corrected chi connectivity index (χ3v) is 22.7. The smallest absolute Gasteiger partial charge is 0.310 e. The number of hydrogen-bond donors (Lipinski definition) is 2. The Balaban J connectivity index is 0.924. The zero-order valence-corrected chi connectivity index (χ0v) is 42.5. The molecule has 2 aromatic carbocycles. The third-order valence-electron chi connectivity index (χ3n) is 22.7.